The van der Waals surface area contributed by atoms with E-state index in [9.17, 15) is 4.79 Å². The van der Waals surface area contributed by atoms with Crippen LogP contribution in [0.4, 0.5) is 0 Å². The molecule has 1 amide bonds. The first-order chi connectivity index (χ1) is 9.27. The first-order valence-corrected chi connectivity index (χ1v) is 6.84. The summed E-state index contributed by atoms with van der Waals surface area (Å²) in [7, 11) is 0. The van der Waals surface area contributed by atoms with Gasteiger partial charge in [0.05, 0.1) is 18.2 Å². The zero-order valence-corrected chi connectivity index (χ0v) is 13.3. The molecular weight excluding hydrogens is 313 g/mol. The van der Waals surface area contributed by atoms with E-state index >= 15 is 0 Å². The summed E-state index contributed by atoms with van der Waals surface area (Å²) in [6, 6.07) is 5.46. The standard InChI is InChI=1S/C14H19N3O2.2ClH/c18-13(12-3-1-2-6-16-12)17-11-9-14(19-10-11)4-7-15-8-5-14;;/h1-3,6,11,15H,4-5,7-10H2,(H,17,18);2*1H. The average Bonchev–Trinajstić information content (AvgIpc) is 2.83. The van der Waals surface area contributed by atoms with E-state index in [1.165, 1.54) is 0 Å². The molecule has 21 heavy (non-hydrogen) atoms. The second kappa shape index (κ2) is 7.94. The Morgan fingerprint density at radius 2 is 2.10 bits per heavy atom. The van der Waals surface area contributed by atoms with Crippen LogP contribution in [0.5, 0.6) is 0 Å². The number of amides is 1. The Bertz CT molecular complexity index is 453. The number of hydrogen-bond donors (Lipinski definition) is 2. The summed E-state index contributed by atoms with van der Waals surface area (Å²) in [6.07, 6.45) is 4.60. The molecule has 1 spiro atoms. The number of rotatable bonds is 2. The van der Waals surface area contributed by atoms with Crippen molar-refractivity contribution in [2.75, 3.05) is 19.7 Å². The molecule has 0 radical (unpaired) electrons. The van der Waals surface area contributed by atoms with Gasteiger partial charge < -0.3 is 15.4 Å². The third-order valence-electron chi connectivity index (χ3n) is 3.96. The predicted molar refractivity (Wildman–Crippen MR) is 85.4 cm³/mol. The third kappa shape index (κ3) is 4.30. The Balaban J connectivity index is 0.00000110. The van der Waals surface area contributed by atoms with Crippen molar-refractivity contribution in [2.24, 2.45) is 0 Å². The molecule has 1 unspecified atom stereocenters. The molecule has 1 atom stereocenters. The monoisotopic (exact) mass is 333 g/mol. The molecule has 118 valence electrons. The molecule has 0 aliphatic carbocycles. The molecule has 1 aromatic rings. The van der Waals surface area contributed by atoms with Crippen LogP contribution in [0.3, 0.4) is 0 Å². The summed E-state index contributed by atoms with van der Waals surface area (Å²) >= 11 is 0. The normalized spacial score (nSPS) is 23.0. The lowest BCUT2D eigenvalue weighted by atomic mass is 9.88. The summed E-state index contributed by atoms with van der Waals surface area (Å²) in [5.74, 6) is -0.111. The lowest BCUT2D eigenvalue weighted by molar-refractivity contribution is -0.0194. The number of hydrogen-bond acceptors (Lipinski definition) is 4. The van der Waals surface area contributed by atoms with Crippen LogP contribution in [0.1, 0.15) is 29.8 Å². The first-order valence-electron chi connectivity index (χ1n) is 6.84. The number of piperidine rings is 1. The van der Waals surface area contributed by atoms with Gasteiger partial charge in [-0.05, 0) is 44.5 Å². The number of carbonyl (C=O) groups excluding carboxylic acids is 1. The minimum absolute atomic E-state index is 0. The predicted octanol–water partition coefficient (Wildman–Crippen LogP) is 1.57. The summed E-state index contributed by atoms with van der Waals surface area (Å²) < 4.78 is 5.96. The fraction of sp³-hybridized carbons (Fsp3) is 0.571. The molecule has 0 aromatic carbocycles. The van der Waals surface area contributed by atoms with Crippen molar-refractivity contribution in [1.29, 1.82) is 0 Å². The van der Waals surface area contributed by atoms with Gasteiger partial charge in [-0.15, -0.1) is 24.8 Å². The summed E-state index contributed by atoms with van der Waals surface area (Å²) in [5, 5.41) is 6.36. The van der Waals surface area contributed by atoms with Crippen LogP contribution in [0.15, 0.2) is 24.4 Å². The minimum Gasteiger partial charge on any atom is -0.373 e. The van der Waals surface area contributed by atoms with E-state index in [0.29, 0.717) is 12.3 Å². The maximum absolute atomic E-state index is 12.0. The number of ether oxygens (including phenoxy) is 1. The van der Waals surface area contributed by atoms with Gasteiger partial charge >= 0.3 is 0 Å². The van der Waals surface area contributed by atoms with E-state index in [2.05, 4.69) is 15.6 Å². The number of halogens is 2. The maximum Gasteiger partial charge on any atom is 0.270 e. The Kier molecular flexibility index (Phi) is 6.87. The lowest BCUT2D eigenvalue weighted by Crippen LogP contribution is -2.43. The number of carbonyl (C=O) groups is 1. The molecule has 1 aromatic heterocycles. The van der Waals surface area contributed by atoms with Gasteiger partial charge in [0.25, 0.3) is 5.91 Å². The maximum atomic E-state index is 12.0. The van der Waals surface area contributed by atoms with Crippen LogP contribution in [0.25, 0.3) is 0 Å². The largest absolute Gasteiger partial charge is 0.373 e. The van der Waals surface area contributed by atoms with E-state index < -0.39 is 0 Å². The third-order valence-corrected chi connectivity index (χ3v) is 3.96. The van der Waals surface area contributed by atoms with Gasteiger partial charge in [0, 0.05) is 6.20 Å². The molecule has 2 aliphatic heterocycles. The number of nitrogens with zero attached hydrogens (tertiary/aromatic N) is 1. The highest BCUT2D eigenvalue weighted by Gasteiger charge is 2.41. The molecule has 7 heteroatoms. The molecule has 2 aliphatic rings. The van der Waals surface area contributed by atoms with Crippen molar-refractivity contribution in [3.63, 3.8) is 0 Å². The van der Waals surface area contributed by atoms with Crippen LogP contribution >= 0.6 is 24.8 Å². The van der Waals surface area contributed by atoms with Crippen molar-refractivity contribution in [2.45, 2.75) is 30.9 Å². The lowest BCUT2D eigenvalue weighted by Gasteiger charge is -2.32. The van der Waals surface area contributed by atoms with Crippen LogP contribution in [-0.2, 0) is 4.74 Å². The number of nitrogens with one attached hydrogen (secondary N) is 2. The summed E-state index contributed by atoms with van der Waals surface area (Å²) in [6.45, 7) is 2.61. The molecule has 2 N–H and O–H groups in total. The van der Waals surface area contributed by atoms with Gasteiger partial charge in [-0.2, -0.15) is 0 Å². The van der Waals surface area contributed by atoms with Gasteiger partial charge in [-0.25, -0.2) is 0 Å². The Hall–Kier alpha value is -0.880. The van der Waals surface area contributed by atoms with Crippen LogP contribution in [0, 0.1) is 0 Å². The smallest absolute Gasteiger partial charge is 0.270 e. The van der Waals surface area contributed by atoms with Crippen LogP contribution in [0.2, 0.25) is 0 Å². The SMILES string of the molecule is Cl.Cl.O=C(NC1COC2(CCNCC2)C1)c1ccccn1. The van der Waals surface area contributed by atoms with Gasteiger partial charge in [0.2, 0.25) is 0 Å². The van der Waals surface area contributed by atoms with E-state index in [0.717, 1.165) is 32.4 Å². The van der Waals surface area contributed by atoms with Crippen molar-refractivity contribution >= 4 is 30.7 Å². The quantitative estimate of drug-likeness (QED) is 0.862. The van der Waals surface area contributed by atoms with Crippen LogP contribution < -0.4 is 10.6 Å². The fourth-order valence-corrected chi connectivity index (χ4v) is 2.92. The number of pyridine rings is 1. The molecule has 3 heterocycles. The first kappa shape index (κ1) is 18.2. The number of aromatic nitrogens is 1. The molecule has 0 bridgehead atoms. The van der Waals surface area contributed by atoms with Gasteiger partial charge in [0.15, 0.2) is 0 Å². The summed E-state index contributed by atoms with van der Waals surface area (Å²) in [5.41, 5.74) is 0.446. The highest BCUT2D eigenvalue weighted by Crippen LogP contribution is 2.33. The highest BCUT2D eigenvalue weighted by atomic mass is 35.5. The second-order valence-corrected chi connectivity index (χ2v) is 5.33. The zero-order valence-electron chi connectivity index (χ0n) is 11.7. The topological polar surface area (TPSA) is 63.2 Å². The van der Waals surface area contributed by atoms with E-state index in [1.54, 1.807) is 18.3 Å². The highest BCUT2D eigenvalue weighted by molar-refractivity contribution is 5.92. The Morgan fingerprint density at radius 1 is 1.33 bits per heavy atom. The Labute approximate surface area is 137 Å². The fourth-order valence-electron chi connectivity index (χ4n) is 2.92. The molecule has 3 rings (SSSR count). The van der Waals surface area contributed by atoms with Crippen molar-refractivity contribution < 1.29 is 9.53 Å². The second-order valence-electron chi connectivity index (χ2n) is 5.33. The molecule has 2 fully saturated rings. The summed E-state index contributed by atoms with van der Waals surface area (Å²) in [4.78, 5) is 16.1. The zero-order chi connectivity index (χ0) is 13.1. The average molecular weight is 334 g/mol. The molecular formula is C14H21Cl2N3O2. The van der Waals surface area contributed by atoms with Gasteiger partial charge in [-0.3, -0.25) is 9.78 Å². The Morgan fingerprint density at radius 3 is 2.76 bits per heavy atom. The van der Waals surface area contributed by atoms with Crippen molar-refractivity contribution in [1.82, 2.24) is 15.6 Å². The van der Waals surface area contributed by atoms with Gasteiger partial charge in [0.1, 0.15) is 5.69 Å². The minimum atomic E-state index is -0.111. The van der Waals surface area contributed by atoms with E-state index in [4.69, 9.17) is 4.74 Å². The van der Waals surface area contributed by atoms with Crippen molar-refractivity contribution in [3.05, 3.63) is 30.1 Å². The molecule has 2 saturated heterocycles. The molecule has 0 saturated carbocycles. The van der Waals surface area contributed by atoms with Gasteiger partial charge in [-0.1, -0.05) is 6.07 Å². The molecule has 5 nitrogen and oxygen atoms in total. The van der Waals surface area contributed by atoms with E-state index in [-0.39, 0.29) is 42.4 Å². The van der Waals surface area contributed by atoms with Crippen molar-refractivity contribution in [3.8, 4) is 0 Å². The van der Waals surface area contributed by atoms with Crippen LogP contribution in [-0.4, -0.2) is 42.2 Å². The van der Waals surface area contributed by atoms with E-state index in [1.807, 2.05) is 6.07 Å².